The number of rotatable bonds is 4. The standard InChI is InChI=1S/C13H19NO2/c1-8-5-6-11(9(2)7-8)12(14-4)10(3)13(15)16/h5-7,10,12,14H,1-4H3,(H,15,16). The smallest absolute Gasteiger partial charge is 0.308 e. The average molecular weight is 221 g/mol. The Morgan fingerprint density at radius 3 is 2.44 bits per heavy atom. The molecule has 0 saturated carbocycles. The van der Waals surface area contributed by atoms with Gasteiger partial charge in [0.1, 0.15) is 0 Å². The first-order valence-corrected chi connectivity index (χ1v) is 5.44. The minimum absolute atomic E-state index is 0.141. The van der Waals surface area contributed by atoms with Crippen molar-refractivity contribution in [2.45, 2.75) is 26.8 Å². The molecule has 0 aliphatic carbocycles. The second-order valence-corrected chi connectivity index (χ2v) is 4.25. The lowest BCUT2D eigenvalue weighted by Gasteiger charge is -2.22. The fraction of sp³-hybridized carbons (Fsp3) is 0.462. The van der Waals surface area contributed by atoms with E-state index in [9.17, 15) is 4.79 Å². The van der Waals surface area contributed by atoms with Gasteiger partial charge in [0.15, 0.2) is 0 Å². The van der Waals surface area contributed by atoms with Gasteiger partial charge in [-0.25, -0.2) is 0 Å². The molecule has 3 heteroatoms. The maximum absolute atomic E-state index is 11.0. The van der Waals surface area contributed by atoms with Crippen molar-refractivity contribution in [3.8, 4) is 0 Å². The summed E-state index contributed by atoms with van der Waals surface area (Å²) in [7, 11) is 1.80. The van der Waals surface area contributed by atoms with E-state index in [1.54, 1.807) is 14.0 Å². The van der Waals surface area contributed by atoms with E-state index in [-0.39, 0.29) is 6.04 Å². The summed E-state index contributed by atoms with van der Waals surface area (Å²) < 4.78 is 0. The maximum atomic E-state index is 11.0. The van der Waals surface area contributed by atoms with Crippen molar-refractivity contribution >= 4 is 5.97 Å². The van der Waals surface area contributed by atoms with E-state index in [4.69, 9.17) is 5.11 Å². The molecule has 0 saturated heterocycles. The highest BCUT2D eigenvalue weighted by atomic mass is 16.4. The lowest BCUT2D eigenvalue weighted by molar-refractivity contribution is -0.142. The molecule has 2 N–H and O–H groups in total. The predicted octanol–water partition coefficient (Wildman–Crippen LogP) is 2.28. The van der Waals surface area contributed by atoms with E-state index in [1.165, 1.54) is 5.56 Å². The number of carboxylic acids is 1. The minimum atomic E-state index is -0.778. The van der Waals surface area contributed by atoms with Crippen LogP contribution in [0.2, 0.25) is 0 Å². The Bertz CT molecular complexity index is 388. The lowest BCUT2D eigenvalue weighted by Crippen LogP contribution is -2.29. The Morgan fingerprint density at radius 1 is 1.38 bits per heavy atom. The number of benzene rings is 1. The van der Waals surface area contributed by atoms with Crippen LogP contribution in [0.15, 0.2) is 18.2 Å². The Hall–Kier alpha value is -1.35. The SMILES string of the molecule is CNC(c1ccc(C)cc1C)C(C)C(=O)O. The van der Waals surface area contributed by atoms with E-state index >= 15 is 0 Å². The Kier molecular flexibility index (Phi) is 4.07. The Morgan fingerprint density at radius 2 is 2.00 bits per heavy atom. The van der Waals surface area contributed by atoms with Gasteiger partial charge in [0.05, 0.1) is 5.92 Å². The van der Waals surface area contributed by atoms with E-state index < -0.39 is 11.9 Å². The molecular formula is C13H19NO2. The predicted molar refractivity (Wildman–Crippen MR) is 64.5 cm³/mol. The molecule has 1 rings (SSSR count). The number of carbonyl (C=O) groups is 1. The van der Waals surface area contributed by atoms with Crippen molar-refractivity contribution in [1.29, 1.82) is 0 Å². The van der Waals surface area contributed by atoms with Crippen LogP contribution in [-0.2, 0) is 4.79 Å². The number of hydrogen-bond acceptors (Lipinski definition) is 2. The third-order valence-corrected chi connectivity index (χ3v) is 2.96. The molecule has 0 spiro atoms. The van der Waals surface area contributed by atoms with Crippen molar-refractivity contribution in [3.05, 3.63) is 34.9 Å². The van der Waals surface area contributed by atoms with Crippen LogP contribution in [0.25, 0.3) is 0 Å². The van der Waals surface area contributed by atoms with Crippen LogP contribution in [-0.4, -0.2) is 18.1 Å². The third kappa shape index (κ3) is 2.61. The van der Waals surface area contributed by atoms with Crippen molar-refractivity contribution in [2.75, 3.05) is 7.05 Å². The Labute approximate surface area is 96.5 Å². The van der Waals surface area contributed by atoms with Gasteiger partial charge in [0.25, 0.3) is 0 Å². The van der Waals surface area contributed by atoms with E-state index in [2.05, 4.69) is 11.4 Å². The second kappa shape index (κ2) is 5.12. The first-order chi connectivity index (χ1) is 7.47. The fourth-order valence-corrected chi connectivity index (χ4v) is 1.99. The van der Waals surface area contributed by atoms with E-state index in [1.807, 2.05) is 26.0 Å². The number of aliphatic carboxylic acids is 1. The molecule has 0 aliphatic rings. The summed E-state index contributed by atoms with van der Waals surface area (Å²) in [6.07, 6.45) is 0. The van der Waals surface area contributed by atoms with Crippen LogP contribution < -0.4 is 5.32 Å². The molecule has 0 amide bonds. The summed E-state index contributed by atoms with van der Waals surface area (Å²) in [5, 5.41) is 12.1. The summed E-state index contributed by atoms with van der Waals surface area (Å²) in [5.74, 6) is -1.22. The van der Waals surface area contributed by atoms with Gasteiger partial charge in [-0.2, -0.15) is 0 Å². The zero-order valence-electron chi connectivity index (χ0n) is 10.2. The third-order valence-electron chi connectivity index (χ3n) is 2.96. The molecule has 88 valence electrons. The topological polar surface area (TPSA) is 49.3 Å². The number of aryl methyl sites for hydroxylation is 2. The number of carboxylic acid groups (broad SMARTS) is 1. The first kappa shape index (κ1) is 12.7. The van der Waals surface area contributed by atoms with Crippen molar-refractivity contribution < 1.29 is 9.90 Å². The molecule has 0 heterocycles. The molecule has 2 unspecified atom stereocenters. The summed E-state index contributed by atoms with van der Waals surface area (Å²) >= 11 is 0. The fourth-order valence-electron chi connectivity index (χ4n) is 1.99. The normalized spacial score (nSPS) is 14.5. The zero-order chi connectivity index (χ0) is 12.3. The molecule has 0 aromatic heterocycles. The summed E-state index contributed by atoms with van der Waals surface area (Å²) in [6.45, 7) is 5.77. The van der Waals surface area contributed by atoms with Gasteiger partial charge >= 0.3 is 5.97 Å². The number of hydrogen-bond donors (Lipinski definition) is 2. The number of nitrogens with one attached hydrogen (secondary N) is 1. The van der Waals surface area contributed by atoms with E-state index in [0.29, 0.717) is 0 Å². The molecule has 16 heavy (non-hydrogen) atoms. The van der Waals surface area contributed by atoms with Gasteiger partial charge in [-0.3, -0.25) is 4.79 Å². The monoisotopic (exact) mass is 221 g/mol. The summed E-state index contributed by atoms with van der Waals surface area (Å²) in [6, 6.07) is 5.96. The minimum Gasteiger partial charge on any atom is -0.481 e. The second-order valence-electron chi connectivity index (χ2n) is 4.25. The maximum Gasteiger partial charge on any atom is 0.308 e. The highest BCUT2D eigenvalue weighted by Crippen LogP contribution is 2.25. The molecule has 0 bridgehead atoms. The molecule has 1 aromatic rings. The quantitative estimate of drug-likeness (QED) is 0.820. The van der Waals surface area contributed by atoms with Crippen molar-refractivity contribution in [3.63, 3.8) is 0 Å². The van der Waals surface area contributed by atoms with Crippen LogP contribution in [0.3, 0.4) is 0 Å². The zero-order valence-corrected chi connectivity index (χ0v) is 10.2. The van der Waals surface area contributed by atoms with Gasteiger partial charge in [-0.1, -0.05) is 30.7 Å². The largest absolute Gasteiger partial charge is 0.481 e. The van der Waals surface area contributed by atoms with Gasteiger partial charge in [-0.05, 0) is 32.0 Å². The Balaban J connectivity index is 3.08. The van der Waals surface area contributed by atoms with E-state index in [0.717, 1.165) is 11.1 Å². The average Bonchev–Trinajstić information content (AvgIpc) is 2.21. The van der Waals surface area contributed by atoms with Crippen LogP contribution in [0.4, 0.5) is 0 Å². The summed E-state index contributed by atoms with van der Waals surface area (Å²) in [5.41, 5.74) is 3.38. The van der Waals surface area contributed by atoms with Crippen LogP contribution in [0.5, 0.6) is 0 Å². The molecular weight excluding hydrogens is 202 g/mol. The van der Waals surface area contributed by atoms with Crippen molar-refractivity contribution in [2.24, 2.45) is 5.92 Å². The van der Waals surface area contributed by atoms with Gasteiger partial charge in [0.2, 0.25) is 0 Å². The van der Waals surface area contributed by atoms with Gasteiger partial charge in [0, 0.05) is 6.04 Å². The van der Waals surface area contributed by atoms with Crippen LogP contribution >= 0.6 is 0 Å². The molecule has 0 aliphatic heterocycles. The van der Waals surface area contributed by atoms with Crippen molar-refractivity contribution in [1.82, 2.24) is 5.32 Å². The lowest BCUT2D eigenvalue weighted by atomic mass is 9.91. The first-order valence-electron chi connectivity index (χ1n) is 5.44. The highest BCUT2D eigenvalue weighted by molar-refractivity contribution is 5.71. The van der Waals surface area contributed by atoms with Crippen LogP contribution in [0, 0.1) is 19.8 Å². The molecule has 0 fully saturated rings. The molecule has 0 radical (unpaired) electrons. The molecule has 1 aromatic carbocycles. The summed E-state index contributed by atoms with van der Waals surface area (Å²) in [4.78, 5) is 11.0. The van der Waals surface area contributed by atoms with Gasteiger partial charge in [-0.15, -0.1) is 0 Å². The van der Waals surface area contributed by atoms with Gasteiger partial charge < -0.3 is 10.4 Å². The van der Waals surface area contributed by atoms with Crippen LogP contribution in [0.1, 0.15) is 29.7 Å². The molecule has 2 atom stereocenters. The highest BCUT2D eigenvalue weighted by Gasteiger charge is 2.24. The molecule has 3 nitrogen and oxygen atoms in total.